The summed E-state index contributed by atoms with van der Waals surface area (Å²) < 4.78 is 0. The number of aryl methyl sites for hydroxylation is 2. The zero-order valence-electron chi connectivity index (χ0n) is 17.4. The average molecular weight is 456 g/mol. The van der Waals surface area contributed by atoms with Crippen molar-refractivity contribution in [2.75, 3.05) is 36.4 Å². The van der Waals surface area contributed by atoms with Crippen LogP contribution in [0.15, 0.2) is 48.5 Å². The lowest BCUT2D eigenvalue weighted by molar-refractivity contribution is 0.208. The third-order valence-electron chi connectivity index (χ3n) is 5.20. The molecule has 0 aliphatic carbocycles. The van der Waals surface area contributed by atoms with E-state index in [-0.39, 0.29) is 6.03 Å². The topological polar surface area (TPSA) is 61.4 Å². The van der Waals surface area contributed by atoms with E-state index in [1.165, 1.54) is 5.56 Å². The molecule has 2 heterocycles. The lowest BCUT2D eigenvalue weighted by Gasteiger charge is -2.35. The summed E-state index contributed by atoms with van der Waals surface area (Å²) in [4.78, 5) is 26.0. The largest absolute Gasteiger partial charge is 0.353 e. The lowest BCUT2D eigenvalue weighted by Crippen LogP contribution is -2.50. The Kier molecular flexibility index (Phi) is 6.30. The summed E-state index contributed by atoms with van der Waals surface area (Å²) in [6.45, 7) is 6.51. The summed E-state index contributed by atoms with van der Waals surface area (Å²) in [6, 6.07) is 15.1. The van der Waals surface area contributed by atoms with Crippen LogP contribution in [0.2, 0.25) is 10.0 Å². The van der Waals surface area contributed by atoms with Gasteiger partial charge < -0.3 is 15.1 Å². The van der Waals surface area contributed by atoms with Gasteiger partial charge in [0.1, 0.15) is 5.82 Å². The van der Waals surface area contributed by atoms with Gasteiger partial charge in [-0.3, -0.25) is 0 Å². The van der Waals surface area contributed by atoms with E-state index in [1.807, 2.05) is 25.1 Å². The molecule has 1 saturated heterocycles. The minimum absolute atomic E-state index is 0.214. The second-order valence-electron chi connectivity index (χ2n) is 7.56. The van der Waals surface area contributed by atoms with Crippen LogP contribution >= 0.6 is 23.2 Å². The summed E-state index contributed by atoms with van der Waals surface area (Å²) in [7, 11) is 0. The van der Waals surface area contributed by atoms with Crippen molar-refractivity contribution in [3.63, 3.8) is 0 Å². The number of hydrogen-bond acceptors (Lipinski definition) is 4. The summed E-state index contributed by atoms with van der Waals surface area (Å²) >= 11 is 12.3. The van der Waals surface area contributed by atoms with Crippen LogP contribution < -0.4 is 10.2 Å². The monoisotopic (exact) mass is 455 g/mol. The minimum Gasteiger partial charge on any atom is -0.353 e. The highest BCUT2D eigenvalue weighted by molar-refractivity contribution is 6.39. The third kappa shape index (κ3) is 4.92. The molecule has 0 saturated carbocycles. The first kappa shape index (κ1) is 21.4. The van der Waals surface area contributed by atoms with Crippen LogP contribution in [0.3, 0.4) is 0 Å². The predicted molar refractivity (Wildman–Crippen MR) is 126 cm³/mol. The molecule has 160 valence electrons. The van der Waals surface area contributed by atoms with Crippen molar-refractivity contribution in [3.05, 3.63) is 69.8 Å². The standard InChI is InChI=1S/C23H23Cl2N5O/c1-15-5-3-6-17(13-15)22-26-16(2)14-20(27-22)29-9-11-30(12-10-29)23(31)28-21-18(24)7-4-8-19(21)25/h3-8,13-14H,9-12H2,1-2H3,(H,28,31). The maximum atomic E-state index is 12.7. The van der Waals surface area contributed by atoms with Crippen LogP contribution in [0.1, 0.15) is 11.3 Å². The van der Waals surface area contributed by atoms with Gasteiger partial charge in [-0.1, -0.05) is 53.0 Å². The van der Waals surface area contributed by atoms with Crippen LogP contribution in [0.25, 0.3) is 11.4 Å². The molecule has 1 N–H and O–H groups in total. The number of rotatable bonds is 3. The van der Waals surface area contributed by atoms with Gasteiger partial charge in [0, 0.05) is 43.5 Å². The Bertz CT molecular complexity index is 1090. The Morgan fingerprint density at radius 1 is 0.935 bits per heavy atom. The number of carbonyl (C=O) groups excluding carboxylic acids is 1. The van der Waals surface area contributed by atoms with E-state index >= 15 is 0 Å². The molecule has 1 fully saturated rings. The van der Waals surface area contributed by atoms with Crippen molar-refractivity contribution in [2.45, 2.75) is 13.8 Å². The summed E-state index contributed by atoms with van der Waals surface area (Å²) in [6.07, 6.45) is 0. The van der Waals surface area contributed by atoms with Gasteiger partial charge in [0.25, 0.3) is 0 Å². The number of piperazine rings is 1. The minimum atomic E-state index is -0.214. The molecule has 6 nitrogen and oxygen atoms in total. The van der Waals surface area contributed by atoms with Crippen molar-refractivity contribution < 1.29 is 4.79 Å². The molecule has 2 amide bonds. The van der Waals surface area contributed by atoms with Crippen molar-refractivity contribution in [1.29, 1.82) is 0 Å². The number of nitrogens with one attached hydrogen (secondary N) is 1. The van der Waals surface area contributed by atoms with Crippen molar-refractivity contribution in [2.24, 2.45) is 0 Å². The first-order valence-electron chi connectivity index (χ1n) is 10.1. The predicted octanol–water partition coefficient (Wildman–Crippen LogP) is 5.42. The van der Waals surface area contributed by atoms with Crippen LogP contribution in [0.5, 0.6) is 0 Å². The highest BCUT2D eigenvalue weighted by atomic mass is 35.5. The van der Waals surface area contributed by atoms with E-state index in [0.717, 1.165) is 17.1 Å². The summed E-state index contributed by atoms with van der Waals surface area (Å²) in [5.41, 5.74) is 3.52. The van der Waals surface area contributed by atoms with E-state index in [1.54, 1.807) is 23.1 Å². The Hall–Kier alpha value is -2.83. The molecule has 0 spiro atoms. The van der Waals surface area contributed by atoms with Crippen molar-refractivity contribution in [1.82, 2.24) is 14.9 Å². The van der Waals surface area contributed by atoms with Crippen LogP contribution in [0.4, 0.5) is 16.3 Å². The highest BCUT2D eigenvalue weighted by Crippen LogP contribution is 2.30. The Morgan fingerprint density at radius 2 is 1.61 bits per heavy atom. The van der Waals surface area contributed by atoms with Gasteiger partial charge in [-0.05, 0) is 32.0 Å². The first-order valence-corrected chi connectivity index (χ1v) is 10.8. The van der Waals surface area contributed by atoms with Crippen LogP contribution in [-0.4, -0.2) is 47.1 Å². The molecule has 31 heavy (non-hydrogen) atoms. The Balaban J connectivity index is 1.45. The van der Waals surface area contributed by atoms with Crippen LogP contribution in [0, 0.1) is 13.8 Å². The molecule has 3 aromatic rings. The van der Waals surface area contributed by atoms with Gasteiger partial charge in [0.05, 0.1) is 15.7 Å². The van der Waals surface area contributed by atoms with Gasteiger partial charge in [0.2, 0.25) is 0 Å². The van der Waals surface area contributed by atoms with E-state index in [0.29, 0.717) is 47.7 Å². The molecular weight excluding hydrogens is 433 g/mol. The average Bonchev–Trinajstić information content (AvgIpc) is 2.76. The molecule has 0 unspecified atom stereocenters. The molecule has 8 heteroatoms. The highest BCUT2D eigenvalue weighted by Gasteiger charge is 2.23. The van der Waals surface area contributed by atoms with E-state index in [9.17, 15) is 4.79 Å². The summed E-state index contributed by atoms with van der Waals surface area (Å²) in [5, 5.41) is 3.66. The maximum absolute atomic E-state index is 12.7. The lowest BCUT2D eigenvalue weighted by atomic mass is 10.1. The van der Waals surface area contributed by atoms with Crippen molar-refractivity contribution in [3.8, 4) is 11.4 Å². The molecule has 1 aliphatic rings. The zero-order valence-corrected chi connectivity index (χ0v) is 18.9. The van der Waals surface area contributed by atoms with E-state index in [4.69, 9.17) is 28.2 Å². The number of amides is 2. The number of benzene rings is 2. The number of urea groups is 1. The molecule has 1 aliphatic heterocycles. The molecular formula is C23H23Cl2N5O. The molecule has 2 aromatic carbocycles. The maximum Gasteiger partial charge on any atom is 0.322 e. The molecule has 4 rings (SSSR count). The zero-order chi connectivity index (χ0) is 22.0. The van der Waals surface area contributed by atoms with E-state index < -0.39 is 0 Å². The van der Waals surface area contributed by atoms with E-state index in [2.05, 4.69) is 34.3 Å². The number of anilines is 2. The van der Waals surface area contributed by atoms with Crippen LogP contribution in [-0.2, 0) is 0 Å². The van der Waals surface area contributed by atoms with Gasteiger partial charge >= 0.3 is 6.03 Å². The number of halogens is 2. The van der Waals surface area contributed by atoms with Gasteiger partial charge in [-0.25, -0.2) is 14.8 Å². The molecule has 0 radical (unpaired) electrons. The second kappa shape index (κ2) is 9.12. The number of aromatic nitrogens is 2. The van der Waals surface area contributed by atoms with Gasteiger partial charge in [-0.2, -0.15) is 0 Å². The smallest absolute Gasteiger partial charge is 0.322 e. The fourth-order valence-electron chi connectivity index (χ4n) is 3.57. The Morgan fingerprint density at radius 3 is 2.29 bits per heavy atom. The SMILES string of the molecule is Cc1cccc(-c2nc(C)cc(N3CCN(C(=O)Nc4c(Cl)cccc4Cl)CC3)n2)c1. The quantitative estimate of drug-likeness (QED) is 0.572. The normalized spacial score (nSPS) is 13.9. The van der Waals surface area contributed by atoms with Gasteiger partial charge in [0.15, 0.2) is 5.82 Å². The summed E-state index contributed by atoms with van der Waals surface area (Å²) in [5.74, 6) is 1.59. The number of para-hydroxylation sites is 1. The fourth-order valence-corrected chi connectivity index (χ4v) is 4.06. The van der Waals surface area contributed by atoms with Crippen molar-refractivity contribution >= 4 is 40.7 Å². The number of hydrogen-bond donors (Lipinski definition) is 1. The molecule has 0 atom stereocenters. The molecule has 0 bridgehead atoms. The number of carbonyl (C=O) groups is 1. The van der Waals surface area contributed by atoms with Gasteiger partial charge in [-0.15, -0.1) is 0 Å². The third-order valence-corrected chi connectivity index (χ3v) is 5.83. The first-order chi connectivity index (χ1) is 14.9. The number of nitrogens with zero attached hydrogens (tertiary/aromatic N) is 4. The molecule has 1 aromatic heterocycles. The Labute approximate surface area is 191 Å². The second-order valence-corrected chi connectivity index (χ2v) is 8.38. The fraction of sp³-hybridized carbons (Fsp3) is 0.261.